The summed E-state index contributed by atoms with van der Waals surface area (Å²) in [7, 11) is 0. The lowest BCUT2D eigenvalue weighted by atomic mass is 10.0. The van der Waals surface area contributed by atoms with E-state index in [-0.39, 0.29) is 0 Å². The van der Waals surface area contributed by atoms with Crippen molar-refractivity contribution in [1.29, 1.82) is 5.26 Å². The van der Waals surface area contributed by atoms with Gasteiger partial charge >= 0.3 is 0 Å². The summed E-state index contributed by atoms with van der Waals surface area (Å²) in [6.07, 6.45) is 1.63. The van der Waals surface area contributed by atoms with E-state index in [0.717, 1.165) is 16.7 Å². The van der Waals surface area contributed by atoms with Crippen LogP contribution in [0.3, 0.4) is 0 Å². The van der Waals surface area contributed by atoms with Gasteiger partial charge in [0.05, 0.1) is 6.07 Å². The number of hydrogen-bond donors (Lipinski definition) is 0. The Morgan fingerprint density at radius 3 is 1.62 bits per heavy atom. The van der Waals surface area contributed by atoms with Crippen molar-refractivity contribution in [2.75, 3.05) is 0 Å². The van der Waals surface area contributed by atoms with Crippen molar-refractivity contribution >= 4 is 5.57 Å². The number of nitriles is 1. The molecule has 2 aromatic rings. The van der Waals surface area contributed by atoms with Gasteiger partial charge in [0.25, 0.3) is 0 Å². The lowest BCUT2D eigenvalue weighted by Gasteiger charge is -1.98. The van der Waals surface area contributed by atoms with Gasteiger partial charge in [-0.05, 0) is 22.3 Å². The van der Waals surface area contributed by atoms with E-state index in [9.17, 15) is 0 Å². The zero-order valence-electron chi connectivity index (χ0n) is 8.64. The molecule has 1 heteroatoms. The van der Waals surface area contributed by atoms with Gasteiger partial charge in [0.2, 0.25) is 0 Å². The van der Waals surface area contributed by atoms with Crippen LogP contribution < -0.4 is 0 Å². The molecule has 1 nitrogen and oxygen atoms in total. The molecule has 1 aliphatic rings. The standard InChI is InChI=1S/C15H9N/c16-10-9-15-13-7-3-1-5-11(13)12-6-2-4-8-14(12)15/h1-9H. The molecule has 0 heterocycles. The topological polar surface area (TPSA) is 23.8 Å². The van der Waals surface area contributed by atoms with Gasteiger partial charge in [-0.25, -0.2) is 0 Å². The van der Waals surface area contributed by atoms with E-state index in [0.29, 0.717) is 0 Å². The van der Waals surface area contributed by atoms with E-state index < -0.39 is 0 Å². The summed E-state index contributed by atoms with van der Waals surface area (Å²) >= 11 is 0. The first-order valence-corrected chi connectivity index (χ1v) is 5.21. The molecule has 0 spiro atoms. The van der Waals surface area contributed by atoms with E-state index in [1.54, 1.807) is 6.08 Å². The van der Waals surface area contributed by atoms with Gasteiger partial charge < -0.3 is 0 Å². The first-order chi connectivity index (χ1) is 7.92. The monoisotopic (exact) mass is 203 g/mol. The molecule has 0 saturated heterocycles. The molecule has 0 amide bonds. The van der Waals surface area contributed by atoms with Crippen molar-refractivity contribution in [3.05, 3.63) is 65.7 Å². The fraction of sp³-hybridized carbons (Fsp3) is 0. The maximum atomic E-state index is 8.85. The number of benzene rings is 2. The molecule has 0 bridgehead atoms. The Hall–Kier alpha value is -2.33. The number of allylic oxidation sites excluding steroid dienone is 1. The van der Waals surface area contributed by atoms with Crippen LogP contribution >= 0.6 is 0 Å². The summed E-state index contributed by atoms with van der Waals surface area (Å²) < 4.78 is 0. The van der Waals surface area contributed by atoms with Gasteiger partial charge in [0.15, 0.2) is 0 Å². The summed E-state index contributed by atoms with van der Waals surface area (Å²) in [5.74, 6) is 0. The highest BCUT2D eigenvalue weighted by atomic mass is 14.3. The molecule has 0 radical (unpaired) electrons. The SMILES string of the molecule is N#CC=C1c2ccccc2-c2ccccc21. The highest BCUT2D eigenvalue weighted by molar-refractivity contribution is 6.01. The van der Waals surface area contributed by atoms with Crippen molar-refractivity contribution < 1.29 is 0 Å². The molecule has 0 saturated carbocycles. The quantitative estimate of drug-likeness (QED) is 0.512. The first kappa shape index (κ1) is 8.94. The lowest BCUT2D eigenvalue weighted by Crippen LogP contribution is -1.79. The second kappa shape index (κ2) is 3.36. The molecule has 0 atom stereocenters. The fourth-order valence-corrected chi connectivity index (χ4v) is 2.27. The molecule has 2 aromatic carbocycles. The molecule has 0 unspecified atom stereocenters. The smallest absolute Gasteiger partial charge is 0.0918 e. The van der Waals surface area contributed by atoms with Gasteiger partial charge in [0, 0.05) is 11.6 Å². The summed E-state index contributed by atoms with van der Waals surface area (Å²) in [6.45, 7) is 0. The summed E-state index contributed by atoms with van der Waals surface area (Å²) in [4.78, 5) is 0. The molecular formula is C15H9N. The maximum Gasteiger partial charge on any atom is 0.0918 e. The Morgan fingerprint density at radius 1 is 0.750 bits per heavy atom. The van der Waals surface area contributed by atoms with Gasteiger partial charge in [-0.3, -0.25) is 0 Å². The van der Waals surface area contributed by atoms with Crippen LogP contribution in [0, 0.1) is 11.3 Å². The predicted octanol–water partition coefficient (Wildman–Crippen LogP) is 3.62. The molecule has 16 heavy (non-hydrogen) atoms. The molecule has 1 aliphatic carbocycles. The highest BCUT2D eigenvalue weighted by Gasteiger charge is 2.21. The molecule has 0 fully saturated rings. The van der Waals surface area contributed by atoms with E-state index in [1.807, 2.05) is 24.3 Å². The lowest BCUT2D eigenvalue weighted by molar-refractivity contribution is 1.53. The van der Waals surface area contributed by atoms with Gasteiger partial charge in [-0.2, -0.15) is 5.26 Å². The minimum atomic E-state index is 1.04. The molecule has 3 rings (SSSR count). The van der Waals surface area contributed by atoms with E-state index in [2.05, 4.69) is 30.3 Å². The summed E-state index contributed by atoms with van der Waals surface area (Å²) in [6, 6.07) is 18.6. The van der Waals surface area contributed by atoms with E-state index in [1.165, 1.54) is 11.1 Å². The fourth-order valence-electron chi connectivity index (χ4n) is 2.27. The van der Waals surface area contributed by atoms with Crippen molar-refractivity contribution in [2.24, 2.45) is 0 Å². The van der Waals surface area contributed by atoms with Crippen molar-refractivity contribution in [3.63, 3.8) is 0 Å². The third kappa shape index (κ3) is 1.11. The molecule has 0 aromatic heterocycles. The van der Waals surface area contributed by atoms with Crippen LogP contribution in [0.25, 0.3) is 16.7 Å². The largest absolute Gasteiger partial charge is 0.193 e. The Bertz CT molecular complexity index is 582. The predicted molar refractivity (Wildman–Crippen MR) is 64.6 cm³/mol. The summed E-state index contributed by atoms with van der Waals surface area (Å²) in [5, 5.41) is 8.85. The Morgan fingerprint density at radius 2 is 1.19 bits per heavy atom. The van der Waals surface area contributed by atoms with Crippen LogP contribution in [-0.4, -0.2) is 0 Å². The van der Waals surface area contributed by atoms with Crippen molar-refractivity contribution in [2.45, 2.75) is 0 Å². The van der Waals surface area contributed by atoms with Crippen LogP contribution in [0.4, 0.5) is 0 Å². The zero-order chi connectivity index (χ0) is 11.0. The number of fused-ring (bicyclic) bond motifs is 3. The average molecular weight is 203 g/mol. The van der Waals surface area contributed by atoms with Crippen LogP contribution in [-0.2, 0) is 0 Å². The average Bonchev–Trinajstić information content (AvgIpc) is 2.66. The Labute approximate surface area is 94.3 Å². The van der Waals surface area contributed by atoms with Gasteiger partial charge in [0.1, 0.15) is 0 Å². The maximum absolute atomic E-state index is 8.85. The van der Waals surface area contributed by atoms with E-state index in [4.69, 9.17) is 5.26 Å². The number of hydrogen-bond acceptors (Lipinski definition) is 1. The highest BCUT2D eigenvalue weighted by Crippen LogP contribution is 2.43. The molecule has 74 valence electrons. The molecular weight excluding hydrogens is 194 g/mol. The van der Waals surface area contributed by atoms with Crippen molar-refractivity contribution in [3.8, 4) is 17.2 Å². The minimum absolute atomic E-state index is 1.04. The summed E-state index contributed by atoms with van der Waals surface area (Å²) in [5.41, 5.74) is 5.79. The Balaban J connectivity index is 2.40. The Kier molecular flexibility index (Phi) is 1.88. The van der Waals surface area contributed by atoms with Crippen LogP contribution in [0.1, 0.15) is 11.1 Å². The van der Waals surface area contributed by atoms with Crippen LogP contribution in [0.15, 0.2) is 54.6 Å². The zero-order valence-corrected chi connectivity index (χ0v) is 8.64. The van der Waals surface area contributed by atoms with Crippen LogP contribution in [0.5, 0.6) is 0 Å². The normalized spacial score (nSPS) is 11.6. The van der Waals surface area contributed by atoms with Gasteiger partial charge in [-0.15, -0.1) is 0 Å². The first-order valence-electron chi connectivity index (χ1n) is 5.21. The minimum Gasteiger partial charge on any atom is -0.193 e. The third-order valence-electron chi connectivity index (χ3n) is 2.93. The molecule has 0 aliphatic heterocycles. The second-order valence-electron chi connectivity index (χ2n) is 3.78. The molecule has 0 N–H and O–H groups in total. The van der Waals surface area contributed by atoms with E-state index >= 15 is 0 Å². The number of nitrogens with zero attached hydrogens (tertiary/aromatic N) is 1. The van der Waals surface area contributed by atoms with Crippen LogP contribution in [0.2, 0.25) is 0 Å². The third-order valence-corrected chi connectivity index (χ3v) is 2.93. The second-order valence-corrected chi connectivity index (χ2v) is 3.78. The number of rotatable bonds is 0. The van der Waals surface area contributed by atoms with Crippen molar-refractivity contribution in [1.82, 2.24) is 0 Å². The van der Waals surface area contributed by atoms with Gasteiger partial charge in [-0.1, -0.05) is 48.5 Å².